The van der Waals surface area contributed by atoms with Gasteiger partial charge in [0.1, 0.15) is 6.17 Å². The van der Waals surface area contributed by atoms with Gasteiger partial charge in [-0.1, -0.05) is 86.0 Å². The molecule has 2 aliphatic rings. The molecule has 1 saturated carbocycles. The molecule has 0 saturated heterocycles. The quantitative estimate of drug-likeness (QED) is 0.438. The molecular formula is C29H32N2. The molecule has 5 rings (SSSR count). The van der Waals surface area contributed by atoms with Crippen molar-refractivity contribution >= 4 is 17.1 Å². The van der Waals surface area contributed by atoms with Crippen molar-refractivity contribution < 1.29 is 0 Å². The van der Waals surface area contributed by atoms with Crippen molar-refractivity contribution in [2.45, 2.75) is 52.1 Å². The predicted molar refractivity (Wildman–Crippen MR) is 132 cm³/mol. The maximum absolute atomic E-state index is 2.64. The summed E-state index contributed by atoms with van der Waals surface area (Å²) in [6, 6.07) is 30.8. The number of hydrogen-bond acceptors (Lipinski definition) is 2. The molecule has 31 heavy (non-hydrogen) atoms. The van der Waals surface area contributed by atoms with Gasteiger partial charge in [-0.3, -0.25) is 0 Å². The summed E-state index contributed by atoms with van der Waals surface area (Å²) >= 11 is 0. The molecule has 158 valence electrons. The zero-order chi connectivity index (χ0) is 21.2. The minimum absolute atomic E-state index is 0.305. The number of anilines is 2. The summed E-state index contributed by atoms with van der Waals surface area (Å²) in [5.74, 6) is 0.643. The van der Waals surface area contributed by atoms with E-state index in [1.54, 1.807) is 0 Å². The van der Waals surface area contributed by atoms with Crippen molar-refractivity contribution in [1.29, 1.82) is 0 Å². The maximum atomic E-state index is 2.64. The van der Waals surface area contributed by atoms with E-state index in [0.29, 0.717) is 12.1 Å². The van der Waals surface area contributed by atoms with Crippen LogP contribution < -0.4 is 9.80 Å². The molecule has 2 nitrogen and oxygen atoms in total. The van der Waals surface area contributed by atoms with Crippen molar-refractivity contribution in [3.05, 3.63) is 102 Å². The molecule has 2 heteroatoms. The Hall–Kier alpha value is -3.00. The van der Waals surface area contributed by atoms with Gasteiger partial charge in [0.2, 0.25) is 0 Å². The Balaban J connectivity index is 1.73. The van der Waals surface area contributed by atoms with Crippen LogP contribution in [0.4, 0.5) is 11.4 Å². The summed E-state index contributed by atoms with van der Waals surface area (Å²) in [6.07, 6.45) is 6.95. The van der Waals surface area contributed by atoms with Gasteiger partial charge in [-0.05, 0) is 61.9 Å². The zero-order valence-corrected chi connectivity index (χ0v) is 18.7. The fourth-order valence-electron chi connectivity index (χ4n) is 5.56. The summed E-state index contributed by atoms with van der Waals surface area (Å²) in [5.41, 5.74) is 7.94. The van der Waals surface area contributed by atoms with E-state index >= 15 is 0 Å². The molecule has 0 bridgehead atoms. The highest BCUT2D eigenvalue weighted by atomic mass is 15.4. The molecule has 3 aromatic rings. The highest BCUT2D eigenvalue weighted by Crippen LogP contribution is 2.47. The molecule has 1 unspecified atom stereocenters. The van der Waals surface area contributed by atoms with Gasteiger partial charge in [0.05, 0.1) is 5.70 Å². The van der Waals surface area contributed by atoms with Crippen LogP contribution in [0.1, 0.15) is 50.2 Å². The van der Waals surface area contributed by atoms with Crippen LogP contribution in [0.25, 0.3) is 5.70 Å². The highest BCUT2D eigenvalue weighted by molar-refractivity contribution is 5.89. The summed E-state index contributed by atoms with van der Waals surface area (Å²) < 4.78 is 0. The van der Waals surface area contributed by atoms with Gasteiger partial charge in [0, 0.05) is 17.1 Å². The van der Waals surface area contributed by atoms with Gasteiger partial charge in [-0.25, -0.2) is 0 Å². The van der Waals surface area contributed by atoms with E-state index in [9.17, 15) is 0 Å². The third-order valence-electron chi connectivity index (χ3n) is 7.00. The molecule has 1 fully saturated rings. The molecule has 1 aliphatic heterocycles. The van der Waals surface area contributed by atoms with Gasteiger partial charge < -0.3 is 9.80 Å². The fraction of sp³-hybridized carbons (Fsp3) is 0.310. The average molecular weight is 409 g/mol. The first-order chi connectivity index (χ1) is 15.3. The lowest BCUT2D eigenvalue weighted by Gasteiger charge is -2.42. The van der Waals surface area contributed by atoms with Crippen LogP contribution in [0.2, 0.25) is 0 Å². The van der Waals surface area contributed by atoms with Gasteiger partial charge >= 0.3 is 0 Å². The van der Waals surface area contributed by atoms with Crippen LogP contribution in [0.5, 0.6) is 0 Å². The lowest BCUT2D eigenvalue weighted by molar-refractivity contribution is 0.308. The molecule has 0 N–H and O–H groups in total. The van der Waals surface area contributed by atoms with Crippen LogP contribution in [0.15, 0.2) is 90.6 Å². The van der Waals surface area contributed by atoms with Gasteiger partial charge in [-0.15, -0.1) is 0 Å². The second-order valence-corrected chi connectivity index (χ2v) is 8.97. The van der Waals surface area contributed by atoms with E-state index in [-0.39, 0.29) is 0 Å². The first-order valence-corrected chi connectivity index (χ1v) is 11.7. The largest absolute Gasteiger partial charge is 0.322 e. The first-order valence-electron chi connectivity index (χ1n) is 11.7. The molecule has 0 spiro atoms. The summed E-state index contributed by atoms with van der Waals surface area (Å²) in [4.78, 5) is 5.27. The zero-order valence-electron chi connectivity index (χ0n) is 18.7. The monoisotopic (exact) mass is 408 g/mol. The number of benzene rings is 3. The number of aryl methyl sites for hydroxylation is 1. The summed E-state index contributed by atoms with van der Waals surface area (Å²) in [6.45, 7) is 4.56. The fourth-order valence-corrected chi connectivity index (χ4v) is 5.56. The van der Waals surface area contributed by atoms with E-state index in [2.05, 4.69) is 109 Å². The minimum atomic E-state index is 0.305. The lowest BCUT2D eigenvalue weighted by atomic mass is 9.85. The first kappa shape index (κ1) is 19.9. The lowest BCUT2D eigenvalue weighted by Crippen LogP contribution is -2.47. The third kappa shape index (κ3) is 3.65. The molecule has 3 aromatic carbocycles. The van der Waals surface area contributed by atoms with E-state index in [1.807, 2.05) is 0 Å². The molecule has 0 radical (unpaired) electrons. The average Bonchev–Trinajstić information content (AvgIpc) is 3.14. The van der Waals surface area contributed by atoms with E-state index in [4.69, 9.17) is 0 Å². The van der Waals surface area contributed by atoms with Crippen molar-refractivity contribution in [3.63, 3.8) is 0 Å². The second-order valence-electron chi connectivity index (χ2n) is 8.97. The summed E-state index contributed by atoms with van der Waals surface area (Å²) in [7, 11) is 0. The molecule has 0 amide bonds. The Labute approximate surface area is 186 Å². The number of hydrogen-bond donors (Lipinski definition) is 0. The van der Waals surface area contributed by atoms with Crippen LogP contribution in [-0.2, 0) is 0 Å². The van der Waals surface area contributed by atoms with E-state index in [0.717, 1.165) is 0 Å². The molecular weight excluding hydrogens is 376 g/mol. The van der Waals surface area contributed by atoms with Gasteiger partial charge in [0.15, 0.2) is 0 Å². The molecule has 0 aromatic heterocycles. The minimum Gasteiger partial charge on any atom is -0.322 e. The van der Waals surface area contributed by atoms with Crippen molar-refractivity contribution in [2.75, 3.05) is 9.80 Å². The number of allylic oxidation sites excluding steroid dienone is 1. The van der Waals surface area contributed by atoms with Crippen LogP contribution >= 0.6 is 0 Å². The summed E-state index contributed by atoms with van der Waals surface area (Å²) in [5, 5.41) is 0. The third-order valence-corrected chi connectivity index (χ3v) is 7.00. The highest BCUT2D eigenvalue weighted by Gasteiger charge is 2.43. The Morgan fingerprint density at radius 2 is 1.26 bits per heavy atom. The topological polar surface area (TPSA) is 6.48 Å². The van der Waals surface area contributed by atoms with Crippen molar-refractivity contribution in [2.24, 2.45) is 5.92 Å². The standard InChI is InChI=1S/C29H32N2/c1-22-14-12-13-21-27(22)30-23(2)28(24-15-6-3-7-16-24)31(26-19-10-5-11-20-26)29(30)25-17-8-4-9-18-25/h3,5-7,10-16,19-21,25,29H,4,8-9,17-18H2,1-2H3. The van der Waals surface area contributed by atoms with Crippen LogP contribution in [-0.4, -0.2) is 6.17 Å². The van der Waals surface area contributed by atoms with Crippen molar-refractivity contribution in [3.8, 4) is 0 Å². The van der Waals surface area contributed by atoms with Gasteiger partial charge in [-0.2, -0.15) is 0 Å². The smallest absolute Gasteiger partial charge is 0.114 e. The van der Waals surface area contributed by atoms with Crippen molar-refractivity contribution in [1.82, 2.24) is 0 Å². The molecule has 1 aliphatic carbocycles. The van der Waals surface area contributed by atoms with Crippen LogP contribution in [0, 0.1) is 12.8 Å². The number of rotatable bonds is 4. The predicted octanol–water partition coefficient (Wildman–Crippen LogP) is 7.62. The Kier molecular flexibility index (Phi) is 5.55. The Bertz CT molecular complexity index is 1050. The SMILES string of the molecule is CC1=C(c2ccccc2)N(c2ccccc2)C(C2CCCCC2)N1c1ccccc1C. The number of para-hydroxylation sites is 2. The Morgan fingerprint density at radius 1 is 0.645 bits per heavy atom. The maximum Gasteiger partial charge on any atom is 0.114 e. The van der Waals surface area contributed by atoms with Crippen LogP contribution in [0.3, 0.4) is 0 Å². The molecule has 1 atom stereocenters. The number of nitrogens with zero attached hydrogens (tertiary/aromatic N) is 2. The Morgan fingerprint density at radius 3 is 1.94 bits per heavy atom. The normalized spacial score (nSPS) is 19.9. The van der Waals surface area contributed by atoms with Gasteiger partial charge in [0.25, 0.3) is 0 Å². The molecule has 1 heterocycles. The van der Waals surface area contributed by atoms with E-state index in [1.165, 1.54) is 66.0 Å². The van der Waals surface area contributed by atoms with E-state index < -0.39 is 0 Å². The second kappa shape index (κ2) is 8.63.